The maximum Gasteiger partial charge on any atom is 0.211 e. The summed E-state index contributed by atoms with van der Waals surface area (Å²) in [6.07, 6.45) is 6.34. The number of aryl methyl sites for hydroxylation is 1. The van der Waals surface area contributed by atoms with Crippen LogP contribution in [0.15, 0.2) is 72.9 Å². The molecule has 1 aliphatic carbocycles. The van der Waals surface area contributed by atoms with Crippen LogP contribution in [-0.2, 0) is 5.66 Å². The van der Waals surface area contributed by atoms with Crippen LogP contribution in [0, 0.1) is 6.92 Å². The third-order valence-electron chi connectivity index (χ3n) is 7.37. The Morgan fingerprint density at radius 2 is 1.67 bits per heavy atom. The Hall–Kier alpha value is -3.86. The van der Waals surface area contributed by atoms with E-state index < -0.39 is 0 Å². The van der Waals surface area contributed by atoms with Gasteiger partial charge in [0.25, 0.3) is 0 Å². The minimum atomic E-state index is -0.258. The predicted molar refractivity (Wildman–Crippen MR) is 131 cm³/mol. The van der Waals surface area contributed by atoms with Crippen LogP contribution < -0.4 is 5.32 Å². The fourth-order valence-corrected chi connectivity index (χ4v) is 5.85. The van der Waals surface area contributed by atoms with Gasteiger partial charge in [-0.1, -0.05) is 48.0 Å². The van der Waals surface area contributed by atoms with Gasteiger partial charge in [0, 0.05) is 11.8 Å². The number of carbonyl (C=O) groups excluding carboxylic acids is 1. The zero-order valence-corrected chi connectivity index (χ0v) is 18.5. The lowest BCUT2D eigenvalue weighted by Gasteiger charge is -2.38. The molecule has 1 spiro atoms. The van der Waals surface area contributed by atoms with E-state index in [1.165, 1.54) is 0 Å². The Balaban J connectivity index is 1.57. The Kier molecular flexibility index (Phi) is 3.72. The van der Waals surface area contributed by atoms with Crippen molar-refractivity contribution in [2.75, 3.05) is 5.32 Å². The molecule has 1 saturated carbocycles. The number of fused-ring (bicyclic) bond motifs is 8. The van der Waals surface area contributed by atoms with Gasteiger partial charge in [-0.05, 0) is 56.9 Å². The smallest absolute Gasteiger partial charge is 0.211 e. The first-order valence-corrected chi connectivity index (χ1v) is 11.7. The number of aromatic nitrogens is 3. The minimum absolute atomic E-state index is 0.0302. The van der Waals surface area contributed by atoms with Gasteiger partial charge >= 0.3 is 0 Å². The Labute approximate surface area is 191 Å². The van der Waals surface area contributed by atoms with Crippen LogP contribution in [0.1, 0.15) is 47.3 Å². The third kappa shape index (κ3) is 2.48. The molecule has 2 aromatic carbocycles. The zero-order valence-electron chi connectivity index (χ0n) is 18.5. The molecule has 5 nitrogen and oxygen atoms in total. The van der Waals surface area contributed by atoms with Crippen LogP contribution in [0.25, 0.3) is 27.9 Å². The molecule has 5 heteroatoms. The van der Waals surface area contributed by atoms with Gasteiger partial charge in [-0.3, -0.25) is 9.36 Å². The highest BCUT2D eigenvalue weighted by molar-refractivity contribution is 6.16. The van der Waals surface area contributed by atoms with E-state index >= 15 is 0 Å². The zero-order chi connectivity index (χ0) is 22.2. The van der Waals surface area contributed by atoms with Crippen molar-refractivity contribution in [3.63, 3.8) is 0 Å². The molecule has 5 aromatic rings. The number of anilines is 1. The van der Waals surface area contributed by atoms with Crippen molar-refractivity contribution in [3.05, 3.63) is 89.7 Å². The SMILES string of the molecule is Cc1ccc(C(=O)c2c3c(c4ccccn24)-c2nc4ccccc4n2C2(CCCC2)N3)cc1. The van der Waals surface area contributed by atoms with Crippen LogP contribution in [-0.4, -0.2) is 19.7 Å². The van der Waals surface area contributed by atoms with Gasteiger partial charge in [0.05, 0.1) is 27.8 Å². The molecule has 0 unspecified atom stereocenters. The number of para-hydroxylation sites is 2. The Bertz CT molecular complexity index is 1570. The molecule has 0 bridgehead atoms. The van der Waals surface area contributed by atoms with Crippen molar-refractivity contribution >= 4 is 28.0 Å². The second kappa shape index (κ2) is 6.58. The highest BCUT2D eigenvalue weighted by Crippen LogP contribution is 2.51. The summed E-state index contributed by atoms with van der Waals surface area (Å²) in [6, 6.07) is 22.3. The topological polar surface area (TPSA) is 51.3 Å². The maximum atomic E-state index is 13.9. The first-order chi connectivity index (χ1) is 16.2. The van der Waals surface area contributed by atoms with E-state index in [0.29, 0.717) is 11.3 Å². The fraction of sp³-hybridized carbons (Fsp3) is 0.214. The molecule has 0 amide bonds. The molecular weight excluding hydrogens is 408 g/mol. The number of pyridine rings is 1. The molecule has 3 aromatic heterocycles. The summed E-state index contributed by atoms with van der Waals surface area (Å²) in [5, 5.41) is 3.91. The summed E-state index contributed by atoms with van der Waals surface area (Å²) in [4.78, 5) is 19.0. The van der Waals surface area contributed by atoms with Gasteiger partial charge in [-0.2, -0.15) is 0 Å². The maximum absolute atomic E-state index is 13.9. The standard InChI is InChI=1S/C28H24N4O/c1-18-11-13-19(14-12-18)26(33)25-24-23(22-10-4-7-17-31(22)25)27-29-20-8-2-3-9-21(20)32(27)28(30-24)15-5-6-16-28/h2-4,7-14,17,30H,5-6,15-16H2,1H3. The number of ketones is 1. The van der Waals surface area contributed by atoms with E-state index in [9.17, 15) is 4.79 Å². The van der Waals surface area contributed by atoms with Crippen molar-refractivity contribution in [1.29, 1.82) is 0 Å². The van der Waals surface area contributed by atoms with Crippen molar-refractivity contribution in [2.24, 2.45) is 0 Å². The van der Waals surface area contributed by atoms with Crippen LogP contribution in [0.5, 0.6) is 0 Å². The van der Waals surface area contributed by atoms with Gasteiger partial charge in [-0.25, -0.2) is 4.98 Å². The van der Waals surface area contributed by atoms with E-state index in [0.717, 1.165) is 64.9 Å². The van der Waals surface area contributed by atoms with E-state index in [4.69, 9.17) is 4.98 Å². The van der Waals surface area contributed by atoms with Crippen molar-refractivity contribution in [3.8, 4) is 11.4 Å². The number of benzene rings is 2. The first kappa shape index (κ1) is 18.7. The van der Waals surface area contributed by atoms with E-state index in [1.54, 1.807) is 0 Å². The third-order valence-corrected chi connectivity index (χ3v) is 7.37. The second-order valence-electron chi connectivity index (χ2n) is 9.37. The van der Waals surface area contributed by atoms with Gasteiger partial charge in [0.1, 0.15) is 17.2 Å². The minimum Gasteiger partial charge on any atom is -0.360 e. The van der Waals surface area contributed by atoms with Crippen LogP contribution >= 0.6 is 0 Å². The number of hydrogen-bond acceptors (Lipinski definition) is 3. The number of carbonyl (C=O) groups is 1. The summed E-state index contributed by atoms with van der Waals surface area (Å²) in [6.45, 7) is 2.04. The summed E-state index contributed by atoms with van der Waals surface area (Å²) in [5.74, 6) is 0.987. The van der Waals surface area contributed by atoms with Crippen LogP contribution in [0.2, 0.25) is 0 Å². The lowest BCUT2D eigenvalue weighted by atomic mass is 9.99. The monoisotopic (exact) mass is 432 g/mol. The normalized spacial score (nSPS) is 16.2. The highest BCUT2D eigenvalue weighted by Gasteiger charge is 2.45. The molecule has 1 aliphatic heterocycles. The van der Waals surface area contributed by atoms with Crippen molar-refractivity contribution in [2.45, 2.75) is 38.3 Å². The molecule has 33 heavy (non-hydrogen) atoms. The molecular formula is C28H24N4O. The summed E-state index contributed by atoms with van der Waals surface area (Å²) in [7, 11) is 0. The Morgan fingerprint density at radius 3 is 2.48 bits per heavy atom. The number of nitrogens with zero attached hydrogens (tertiary/aromatic N) is 3. The molecule has 162 valence electrons. The summed E-state index contributed by atoms with van der Waals surface area (Å²) < 4.78 is 4.45. The molecule has 1 N–H and O–H groups in total. The largest absolute Gasteiger partial charge is 0.360 e. The lowest BCUT2D eigenvalue weighted by molar-refractivity contribution is 0.103. The van der Waals surface area contributed by atoms with Crippen LogP contribution in [0.3, 0.4) is 0 Å². The molecule has 0 atom stereocenters. The van der Waals surface area contributed by atoms with Gasteiger partial charge in [0.2, 0.25) is 5.78 Å². The van der Waals surface area contributed by atoms with Gasteiger partial charge in [-0.15, -0.1) is 0 Å². The Morgan fingerprint density at radius 1 is 0.939 bits per heavy atom. The quantitative estimate of drug-likeness (QED) is 0.341. The van der Waals surface area contributed by atoms with Gasteiger partial charge in [0.15, 0.2) is 0 Å². The molecule has 1 fully saturated rings. The van der Waals surface area contributed by atoms with Gasteiger partial charge < -0.3 is 9.72 Å². The number of hydrogen-bond donors (Lipinski definition) is 1. The fourth-order valence-electron chi connectivity index (χ4n) is 5.85. The average Bonchev–Trinajstić information content (AvgIpc) is 3.53. The number of imidazole rings is 1. The summed E-state index contributed by atoms with van der Waals surface area (Å²) in [5.41, 5.74) is 7.35. The molecule has 4 heterocycles. The first-order valence-electron chi connectivity index (χ1n) is 11.7. The average molecular weight is 433 g/mol. The molecule has 2 aliphatic rings. The van der Waals surface area contributed by atoms with E-state index in [2.05, 4.69) is 34.1 Å². The number of rotatable bonds is 2. The summed E-state index contributed by atoms with van der Waals surface area (Å²) >= 11 is 0. The highest BCUT2D eigenvalue weighted by atomic mass is 16.1. The second-order valence-corrected chi connectivity index (χ2v) is 9.37. The van der Waals surface area contributed by atoms with E-state index in [-0.39, 0.29) is 11.4 Å². The number of nitrogens with one attached hydrogen (secondary N) is 1. The van der Waals surface area contributed by atoms with Crippen LogP contribution in [0.4, 0.5) is 5.69 Å². The predicted octanol–water partition coefficient (Wildman–Crippen LogP) is 6.15. The lowest BCUT2D eigenvalue weighted by Crippen LogP contribution is -2.42. The molecule has 7 rings (SSSR count). The molecule has 0 radical (unpaired) electrons. The van der Waals surface area contributed by atoms with Crippen molar-refractivity contribution in [1.82, 2.24) is 14.0 Å². The van der Waals surface area contributed by atoms with Crippen molar-refractivity contribution < 1.29 is 4.79 Å². The molecule has 0 saturated heterocycles. The van der Waals surface area contributed by atoms with E-state index in [1.807, 2.05) is 60.0 Å².